The first-order valence-corrected chi connectivity index (χ1v) is 2.95. The first kappa shape index (κ1) is 7.40. The van der Waals surface area contributed by atoms with E-state index in [1.165, 1.54) is 24.3 Å². The lowest BCUT2D eigenvalue weighted by molar-refractivity contribution is -0.379. The van der Waals surface area contributed by atoms with Gasteiger partial charge in [0.05, 0.1) is 5.56 Å². The molecule has 0 saturated carbocycles. The van der Waals surface area contributed by atoms with Crippen LogP contribution >= 0.6 is 0 Å². The molecule has 0 unspecified atom stereocenters. The smallest absolute Gasteiger partial charge is 0.335 e. The summed E-state index contributed by atoms with van der Waals surface area (Å²) < 4.78 is 0. The van der Waals surface area contributed by atoms with Gasteiger partial charge in [0.15, 0.2) is 0 Å². The third kappa shape index (κ3) is 1.61. The molecule has 0 radical (unpaired) electrons. The fourth-order valence-electron chi connectivity index (χ4n) is 0.681. The Balaban J connectivity index is 3.00. The van der Waals surface area contributed by atoms with Crippen LogP contribution in [-0.4, -0.2) is 11.1 Å². The van der Waals surface area contributed by atoms with Gasteiger partial charge in [-0.1, -0.05) is 0 Å². The van der Waals surface area contributed by atoms with Crippen molar-refractivity contribution in [1.29, 1.82) is 0 Å². The van der Waals surface area contributed by atoms with Crippen LogP contribution in [0, 0.1) is 4.91 Å². The van der Waals surface area contributed by atoms with Crippen LogP contribution in [-0.2, 0) is 0 Å². The Labute approximate surface area is 62.4 Å². The van der Waals surface area contributed by atoms with Crippen molar-refractivity contribution in [2.24, 2.45) is 0 Å². The minimum Gasteiger partial charge on any atom is -0.478 e. The highest BCUT2D eigenvalue weighted by atomic mass is 16.4. The number of nitroso groups, excluding NO2 is 1. The van der Waals surface area contributed by atoms with Crippen LogP contribution in [0.4, 0.5) is 5.69 Å². The van der Waals surface area contributed by atoms with E-state index in [0.717, 1.165) is 0 Å². The second-order valence-corrected chi connectivity index (χ2v) is 1.98. The minimum absolute atomic E-state index is 0.170. The molecule has 4 heteroatoms. The van der Waals surface area contributed by atoms with E-state index < -0.39 is 5.97 Å². The summed E-state index contributed by atoms with van der Waals surface area (Å²) in [6.07, 6.45) is 0. The Kier molecular flexibility index (Phi) is 1.96. The number of hydrogen-bond donors (Lipinski definition) is 2. The Morgan fingerprint density at radius 2 is 1.82 bits per heavy atom. The quantitative estimate of drug-likeness (QED) is 0.619. The second kappa shape index (κ2) is 2.92. The van der Waals surface area contributed by atoms with Gasteiger partial charge >= 0.3 is 5.97 Å². The van der Waals surface area contributed by atoms with Gasteiger partial charge in [-0.15, -0.1) is 0 Å². The molecular weight excluding hydrogens is 146 g/mol. The van der Waals surface area contributed by atoms with E-state index in [1.54, 1.807) is 5.18 Å². The number of carbonyl (C=O) groups is 1. The summed E-state index contributed by atoms with van der Waals surface area (Å²) in [5.74, 6) is -0.998. The largest absolute Gasteiger partial charge is 0.478 e. The first-order chi connectivity index (χ1) is 5.24. The summed E-state index contributed by atoms with van der Waals surface area (Å²) in [6.45, 7) is 0. The molecule has 0 fully saturated rings. The van der Waals surface area contributed by atoms with E-state index in [0.29, 0.717) is 5.69 Å². The van der Waals surface area contributed by atoms with Gasteiger partial charge in [-0.05, 0) is 12.1 Å². The van der Waals surface area contributed by atoms with Crippen LogP contribution in [0.1, 0.15) is 10.4 Å². The molecule has 11 heavy (non-hydrogen) atoms. The molecule has 0 spiro atoms. The van der Waals surface area contributed by atoms with Crippen molar-refractivity contribution in [2.45, 2.75) is 0 Å². The highest BCUT2D eigenvalue weighted by Crippen LogP contribution is 2.03. The van der Waals surface area contributed by atoms with Crippen LogP contribution in [0.2, 0.25) is 0 Å². The number of benzene rings is 1. The molecule has 0 heterocycles. The Morgan fingerprint density at radius 1 is 1.27 bits per heavy atom. The van der Waals surface area contributed by atoms with E-state index in [4.69, 9.17) is 5.11 Å². The normalized spacial score (nSPS) is 9.09. The molecule has 0 aliphatic heterocycles. The van der Waals surface area contributed by atoms with Crippen LogP contribution in [0.25, 0.3) is 0 Å². The Hall–Kier alpha value is -1.71. The van der Waals surface area contributed by atoms with Crippen molar-refractivity contribution in [3.63, 3.8) is 0 Å². The highest BCUT2D eigenvalue weighted by molar-refractivity contribution is 5.87. The molecule has 1 rings (SSSR count). The number of hydrogen-bond acceptors (Lipinski definition) is 2. The SMILES string of the molecule is O=[NH+]c1ccc(C(=O)O)cc1. The van der Waals surface area contributed by atoms with E-state index in [-0.39, 0.29) is 5.56 Å². The van der Waals surface area contributed by atoms with Crippen LogP contribution in [0.5, 0.6) is 0 Å². The highest BCUT2D eigenvalue weighted by Gasteiger charge is 2.03. The standard InChI is InChI=1S/C7H5NO3/c9-7(10)5-1-3-6(8-11)4-2-5/h1-4H,(H,9,10)/p+1. The molecule has 1 aromatic carbocycles. The molecule has 4 nitrogen and oxygen atoms in total. The monoisotopic (exact) mass is 152 g/mol. The average molecular weight is 152 g/mol. The number of nitrogens with one attached hydrogen (secondary N) is 1. The lowest BCUT2D eigenvalue weighted by Crippen LogP contribution is -2.55. The van der Waals surface area contributed by atoms with Crippen LogP contribution in [0.15, 0.2) is 24.3 Å². The molecule has 1 aromatic rings. The molecular formula is C7H6NO3+. The molecule has 0 aromatic heterocycles. The van der Waals surface area contributed by atoms with Crippen molar-refractivity contribution in [2.75, 3.05) is 0 Å². The van der Waals surface area contributed by atoms with Gasteiger partial charge in [0.2, 0.25) is 0 Å². The number of rotatable bonds is 2. The summed E-state index contributed by atoms with van der Waals surface area (Å²) in [5, 5.41) is 10.1. The second-order valence-electron chi connectivity index (χ2n) is 1.98. The lowest BCUT2D eigenvalue weighted by Gasteiger charge is -1.88. The molecule has 0 amide bonds. The summed E-state index contributed by atoms with van der Waals surface area (Å²) in [4.78, 5) is 20.3. The molecule has 0 aliphatic rings. The van der Waals surface area contributed by atoms with E-state index >= 15 is 0 Å². The minimum atomic E-state index is -0.998. The van der Waals surface area contributed by atoms with Gasteiger partial charge in [0, 0.05) is 22.2 Å². The van der Waals surface area contributed by atoms with Crippen LogP contribution in [0.3, 0.4) is 0 Å². The molecule has 2 N–H and O–H groups in total. The topological polar surface area (TPSA) is 68.3 Å². The number of carboxylic acids is 1. The summed E-state index contributed by atoms with van der Waals surface area (Å²) >= 11 is 0. The maximum Gasteiger partial charge on any atom is 0.335 e. The maximum absolute atomic E-state index is 10.3. The van der Waals surface area contributed by atoms with Gasteiger partial charge < -0.3 is 5.11 Å². The number of carboxylic acid groups (broad SMARTS) is 1. The van der Waals surface area contributed by atoms with Crippen molar-refractivity contribution in [3.8, 4) is 0 Å². The van der Waals surface area contributed by atoms with Crippen molar-refractivity contribution in [3.05, 3.63) is 34.7 Å². The van der Waals surface area contributed by atoms with Crippen molar-refractivity contribution < 1.29 is 15.1 Å². The van der Waals surface area contributed by atoms with E-state index in [9.17, 15) is 9.70 Å². The predicted molar refractivity (Wildman–Crippen MR) is 37.4 cm³/mol. The molecule has 0 bridgehead atoms. The molecule has 0 saturated heterocycles. The van der Waals surface area contributed by atoms with Crippen molar-refractivity contribution >= 4 is 11.7 Å². The lowest BCUT2D eigenvalue weighted by atomic mass is 10.2. The zero-order valence-electron chi connectivity index (χ0n) is 5.57. The van der Waals surface area contributed by atoms with Gasteiger partial charge in [-0.3, -0.25) is 0 Å². The summed E-state index contributed by atoms with van der Waals surface area (Å²) in [6, 6.07) is 5.55. The summed E-state index contributed by atoms with van der Waals surface area (Å²) in [7, 11) is 0. The molecule has 0 atom stereocenters. The van der Waals surface area contributed by atoms with E-state index in [2.05, 4.69) is 0 Å². The summed E-state index contributed by atoms with van der Waals surface area (Å²) in [5.41, 5.74) is 0.527. The fourth-order valence-corrected chi connectivity index (χ4v) is 0.681. The molecule has 0 aliphatic carbocycles. The molecule has 56 valence electrons. The van der Waals surface area contributed by atoms with Gasteiger partial charge in [-0.2, -0.15) is 0 Å². The zero-order chi connectivity index (χ0) is 8.27. The van der Waals surface area contributed by atoms with Gasteiger partial charge in [-0.25, -0.2) is 4.79 Å². The van der Waals surface area contributed by atoms with E-state index in [1.807, 2.05) is 0 Å². The Morgan fingerprint density at radius 3 is 2.18 bits per heavy atom. The van der Waals surface area contributed by atoms with Crippen LogP contribution < -0.4 is 5.18 Å². The van der Waals surface area contributed by atoms with Gasteiger partial charge in [0.25, 0.3) is 5.69 Å². The zero-order valence-corrected chi connectivity index (χ0v) is 5.57. The third-order valence-electron chi connectivity index (χ3n) is 1.25. The maximum atomic E-state index is 10.3. The Bertz CT molecular complexity index is 278. The van der Waals surface area contributed by atoms with Crippen molar-refractivity contribution in [1.82, 2.24) is 0 Å². The third-order valence-corrected chi connectivity index (χ3v) is 1.25. The average Bonchev–Trinajstić information content (AvgIpc) is 2.05. The number of aromatic carboxylic acids is 1. The first-order valence-electron chi connectivity index (χ1n) is 2.95. The fraction of sp³-hybridized carbons (Fsp3) is 0. The predicted octanol–water partition coefficient (Wildman–Crippen LogP) is -0.137. The van der Waals surface area contributed by atoms with Gasteiger partial charge in [0.1, 0.15) is 0 Å².